The van der Waals surface area contributed by atoms with Crippen LogP contribution in [0.1, 0.15) is 11.1 Å². The summed E-state index contributed by atoms with van der Waals surface area (Å²) in [7, 11) is 0. The van der Waals surface area contributed by atoms with Gasteiger partial charge in [-0.1, -0.05) is 104 Å². The van der Waals surface area contributed by atoms with Gasteiger partial charge in [-0.3, -0.25) is 0 Å². The summed E-state index contributed by atoms with van der Waals surface area (Å²) in [5.74, 6) is 0. The van der Waals surface area contributed by atoms with Gasteiger partial charge in [-0.05, 0) is 34.9 Å². The third-order valence-electron chi connectivity index (χ3n) is 3.90. The average molecular weight is 360 g/mol. The van der Waals surface area contributed by atoms with Crippen LogP contribution in [-0.4, -0.2) is 6.04 Å². The largest absolute Gasteiger partial charge is 0.405 e. The van der Waals surface area contributed by atoms with Gasteiger partial charge >= 0.3 is 0 Å². The Kier molecular flexibility index (Phi) is 9.94. The molecule has 0 radical (unpaired) electrons. The van der Waals surface area contributed by atoms with Crippen molar-refractivity contribution < 1.29 is 0 Å². The molecule has 1 unspecified atom stereocenters. The summed E-state index contributed by atoms with van der Waals surface area (Å²) in [5.41, 5.74) is 16.1. The second kappa shape index (κ2) is 12.3. The molecule has 3 aromatic rings. The molecule has 0 saturated heterocycles. The molecular formula is C24H29N3. The standard InChI is InChI=1S/C16H18N2.C8H8.H3N/c17-10-9-16(18)12-13-5-4-8-15(11-13)14-6-2-1-3-7-14;1-2-8-6-4-3-5-7-8;/h1-11,16H,12,17-18H2;2-7H,1H2;1H3/b10-9-;;. The minimum atomic E-state index is -0.0268. The summed E-state index contributed by atoms with van der Waals surface area (Å²) in [5, 5.41) is 0. The number of rotatable bonds is 5. The van der Waals surface area contributed by atoms with Crippen molar-refractivity contribution in [3.8, 4) is 11.1 Å². The highest BCUT2D eigenvalue weighted by Crippen LogP contribution is 2.20. The summed E-state index contributed by atoms with van der Waals surface area (Å²) in [6.45, 7) is 3.63. The Balaban J connectivity index is 0.000000342. The molecule has 3 aromatic carbocycles. The first kappa shape index (κ1) is 21.9. The molecule has 3 nitrogen and oxygen atoms in total. The number of benzene rings is 3. The Hall–Kier alpha value is -3.14. The lowest BCUT2D eigenvalue weighted by Gasteiger charge is -2.08. The van der Waals surface area contributed by atoms with Gasteiger partial charge in [0.05, 0.1) is 0 Å². The van der Waals surface area contributed by atoms with Crippen LogP contribution in [0.25, 0.3) is 17.2 Å². The first-order valence-corrected chi connectivity index (χ1v) is 8.68. The number of nitrogens with two attached hydrogens (primary N) is 2. The molecule has 0 aliphatic carbocycles. The van der Waals surface area contributed by atoms with Crippen LogP contribution in [-0.2, 0) is 6.42 Å². The fourth-order valence-electron chi connectivity index (χ4n) is 2.58. The maximum Gasteiger partial charge on any atom is 0.0281 e. The van der Waals surface area contributed by atoms with E-state index < -0.39 is 0 Å². The summed E-state index contributed by atoms with van der Waals surface area (Å²) in [4.78, 5) is 0. The maximum atomic E-state index is 5.94. The van der Waals surface area contributed by atoms with E-state index in [-0.39, 0.29) is 12.2 Å². The van der Waals surface area contributed by atoms with Crippen molar-refractivity contribution in [1.29, 1.82) is 0 Å². The van der Waals surface area contributed by atoms with Gasteiger partial charge in [0.2, 0.25) is 0 Å². The fourth-order valence-corrected chi connectivity index (χ4v) is 2.58. The van der Waals surface area contributed by atoms with Gasteiger partial charge in [0, 0.05) is 6.04 Å². The molecule has 0 bridgehead atoms. The predicted octanol–water partition coefficient (Wildman–Crippen LogP) is 5.19. The molecule has 0 spiro atoms. The van der Waals surface area contributed by atoms with Crippen LogP contribution >= 0.6 is 0 Å². The lowest BCUT2D eigenvalue weighted by Crippen LogP contribution is -2.20. The monoisotopic (exact) mass is 359 g/mol. The van der Waals surface area contributed by atoms with Crippen molar-refractivity contribution in [3.05, 3.63) is 115 Å². The minimum Gasteiger partial charge on any atom is -0.405 e. The topological polar surface area (TPSA) is 87.0 Å². The van der Waals surface area contributed by atoms with Crippen molar-refractivity contribution in [3.63, 3.8) is 0 Å². The van der Waals surface area contributed by atoms with Crippen LogP contribution in [0.5, 0.6) is 0 Å². The fraction of sp³-hybridized carbons (Fsp3) is 0.0833. The van der Waals surface area contributed by atoms with E-state index in [0.29, 0.717) is 0 Å². The summed E-state index contributed by atoms with van der Waals surface area (Å²) in [6, 6.07) is 28.8. The lowest BCUT2D eigenvalue weighted by molar-refractivity contribution is 0.808. The van der Waals surface area contributed by atoms with Gasteiger partial charge in [0.1, 0.15) is 0 Å². The molecule has 0 fully saturated rings. The van der Waals surface area contributed by atoms with Crippen molar-refractivity contribution in [1.82, 2.24) is 6.15 Å². The zero-order chi connectivity index (χ0) is 18.6. The normalized spacial score (nSPS) is 11.0. The molecule has 0 heterocycles. The van der Waals surface area contributed by atoms with Gasteiger partial charge in [-0.15, -0.1) is 0 Å². The highest BCUT2D eigenvalue weighted by Gasteiger charge is 2.02. The Labute approximate surface area is 162 Å². The molecule has 140 valence electrons. The summed E-state index contributed by atoms with van der Waals surface area (Å²) in [6.07, 6.45) is 5.95. The van der Waals surface area contributed by atoms with Crippen LogP contribution in [0.4, 0.5) is 0 Å². The van der Waals surface area contributed by atoms with Gasteiger partial charge < -0.3 is 17.6 Å². The maximum absolute atomic E-state index is 5.94. The molecule has 3 rings (SSSR count). The second-order valence-corrected chi connectivity index (χ2v) is 5.93. The zero-order valence-corrected chi connectivity index (χ0v) is 15.7. The zero-order valence-electron chi connectivity index (χ0n) is 15.7. The Morgan fingerprint density at radius 3 is 1.96 bits per heavy atom. The van der Waals surface area contributed by atoms with E-state index in [4.69, 9.17) is 11.5 Å². The molecule has 1 atom stereocenters. The SMILES string of the molecule is C=Cc1ccccc1.N.N/C=C\C(N)Cc1cccc(-c2ccccc2)c1. The van der Waals surface area contributed by atoms with E-state index in [9.17, 15) is 0 Å². The third kappa shape index (κ3) is 7.74. The lowest BCUT2D eigenvalue weighted by atomic mass is 10.00. The highest BCUT2D eigenvalue weighted by atomic mass is 14.6. The molecule has 7 N–H and O–H groups in total. The second-order valence-electron chi connectivity index (χ2n) is 5.93. The molecule has 0 aliphatic heterocycles. The summed E-state index contributed by atoms with van der Waals surface area (Å²) >= 11 is 0. The van der Waals surface area contributed by atoms with Crippen molar-refractivity contribution in [2.45, 2.75) is 12.5 Å². The molecule has 0 aliphatic rings. The van der Waals surface area contributed by atoms with Crippen LogP contribution < -0.4 is 17.6 Å². The predicted molar refractivity (Wildman–Crippen MR) is 118 cm³/mol. The Bertz CT molecular complexity index is 811. The Morgan fingerprint density at radius 1 is 0.815 bits per heavy atom. The quantitative estimate of drug-likeness (QED) is 0.586. The van der Waals surface area contributed by atoms with E-state index >= 15 is 0 Å². The van der Waals surface area contributed by atoms with Crippen molar-refractivity contribution in [2.75, 3.05) is 0 Å². The molecule has 0 amide bonds. The van der Waals surface area contributed by atoms with Gasteiger partial charge in [0.25, 0.3) is 0 Å². The first-order valence-electron chi connectivity index (χ1n) is 8.68. The van der Waals surface area contributed by atoms with Gasteiger partial charge in [-0.25, -0.2) is 0 Å². The van der Waals surface area contributed by atoms with E-state index in [2.05, 4.69) is 43.0 Å². The smallest absolute Gasteiger partial charge is 0.0281 e. The number of hydrogen-bond acceptors (Lipinski definition) is 3. The van der Waals surface area contributed by atoms with E-state index in [1.54, 1.807) is 0 Å². The van der Waals surface area contributed by atoms with Crippen LogP contribution in [0, 0.1) is 0 Å². The Morgan fingerprint density at radius 2 is 1.41 bits per heavy atom. The van der Waals surface area contributed by atoms with Crippen molar-refractivity contribution in [2.24, 2.45) is 11.5 Å². The number of hydrogen-bond donors (Lipinski definition) is 3. The van der Waals surface area contributed by atoms with E-state index in [0.717, 1.165) is 6.42 Å². The molecule has 3 heteroatoms. The van der Waals surface area contributed by atoms with Gasteiger partial charge in [0.15, 0.2) is 0 Å². The highest BCUT2D eigenvalue weighted by molar-refractivity contribution is 5.64. The van der Waals surface area contributed by atoms with E-state index in [1.165, 1.54) is 28.5 Å². The van der Waals surface area contributed by atoms with Crippen LogP contribution in [0.3, 0.4) is 0 Å². The third-order valence-corrected chi connectivity index (χ3v) is 3.90. The molecule has 27 heavy (non-hydrogen) atoms. The molecule has 0 saturated carbocycles. The first-order chi connectivity index (χ1) is 12.7. The molecule has 0 aromatic heterocycles. The minimum absolute atomic E-state index is 0. The van der Waals surface area contributed by atoms with Crippen LogP contribution in [0.15, 0.2) is 104 Å². The van der Waals surface area contributed by atoms with Crippen molar-refractivity contribution >= 4 is 6.08 Å². The average Bonchev–Trinajstić information content (AvgIpc) is 2.70. The molecular weight excluding hydrogens is 330 g/mol. The van der Waals surface area contributed by atoms with Crippen LogP contribution in [0.2, 0.25) is 0 Å². The summed E-state index contributed by atoms with van der Waals surface area (Å²) < 4.78 is 0. The van der Waals surface area contributed by atoms with Gasteiger partial charge in [-0.2, -0.15) is 0 Å². The van der Waals surface area contributed by atoms with E-state index in [1.807, 2.05) is 60.7 Å².